The highest BCUT2D eigenvalue weighted by molar-refractivity contribution is 5.77. The topological polar surface area (TPSA) is 53.1 Å². The first kappa shape index (κ1) is 12.4. The Hall–Kier alpha value is -2.02. The summed E-state index contributed by atoms with van der Waals surface area (Å²) in [7, 11) is 1.99. The molecule has 0 fully saturated rings. The number of rotatable bonds is 4. The number of oxazole rings is 1. The molecule has 0 saturated carbocycles. The fourth-order valence-electron chi connectivity index (χ4n) is 1.97. The van der Waals surface area contributed by atoms with Gasteiger partial charge >= 0.3 is 0 Å². The van der Waals surface area contributed by atoms with Crippen LogP contribution >= 0.6 is 0 Å². The fourth-order valence-corrected chi connectivity index (χ4v) is 1.97. The van der Waals surface area contributed by atoms with E-state index in [2.05, 4.69) is 16.0 Å². The van der Waals surface area contributed by atoms with Gasteiger partial charge in [0.15, 0.2) is 11.5 Å². The monoisotopic (exact) mass is 243 g/mol. The van der Waals surface area contributed by atoms with Gasteiger partial charge in [0.2, 0.25) is 0 Å². The number of fused-ring (bicyclic) bond motifs is 1. The first-order valence-corrected chi connectivity index (χ1v) is 6.12. The van der Waals surface area contributed by atoms with Crippen molar-refractivity contribution in [2.45, 2.75) is 20.3 Å². The van der Waals surface area contributed by atoms with Gasteiger partial charge in [-0.05, 0) is 24.6 Å². The molecule has 0 aliphatic carbocycles. The van der Waals surface area contributed by atoms with Crippen molar-refractivity contribution in [2.75, 3.05) is 18.5 Å². The quantitative estimate of drug-likeness (QED) is 0.827. The first-order chi connectivity index (χ1) is 8.63. The third kappa shape index (κ3) is 2.45. The molecule has 1 atom stereocenters. The Morgan fingerprint density at radius 3 is 2.94 bits per heavy atom. The minimum atomic E-state index is 0.0599. The zero-order valence-corrected chi connectivity index (χ0v) is 11.0. The van der Waals surface area contributed by atoms with Gasteiger partial charge in [0.25, 0.3) is 0 Å². The van der Waals surface area contributed by atoms with Crippen LogP contribution in [0.2, 0.25) is 0 Å². The average molecular weight is 243 g/mol. The van der Waals surface area contributed by atoms with Crippen LogP contribution in [-0.4, -0.2) is 18.6 Å². The van der Waals surface area contributed by atoms with E-state index in [0.717, 1.165) is 29.8 Å². The summed E-state index contributed by atoms with van der Waals surface area (Å²) in [4.78, 5) is 6.40. The third-order valence-corrected chi connectivity index (χ3v) is 3.09. The number of anilines is 1. The average Bonchev–Trinajstić information content (AvgIpc) is 2.74. The van der Waals surface area contributed by atoms with Gasteiger partial charge in [-0.2, -0.15) is 5.26 Å². The van der Waals surface area contributed by atoms with Gasteiger partial charge in [0.05, 0.1) is 12.0 Å². The van der Waals surface area contributed by atoms with E-state index in [-0.39, 0.29) is 5.92 Å². The molecule has 0 amide bonds. The minimum Gasteiger partial charge on any atom is -0.441 e. The molecule has 4 heteroatoms. The van der Waals surface area contributed by atoms with Gasteiger partial charge in [-0.25, -0.2) is 4.98 Å². The Kier molecular flexibility index (Phi) is 3.52. The van der Waals surface area contributed by atoms with Crippen LogP contribution in [0, 0.1) is 24.2 Å². The highest BCUT2D eigenvalue weighted by Gasteiger charge is 2.11. The van der Waals surface area contributed by atoms with Crippen molar-refractivity contribution in [3.05, 3.63) is 24.1 Å². The standard InChI is InChI=1S/C14H17N3O/c1-4-11(8-15)9-17(3)12-5-6-14-13(7-12)16-10(2)18-14/h5-7,11H,4,9H2,1-3H3. The van der Waals surface area contributed by atoms with Crippen LogP contribution in [0.1, 0.15) is 19.2 Å². The number of hydrogen-bond acceptors (Lipinski definition) is 4. The van der Waals surface area contributed by atoms with E-state index in [4.69, 9.17) is 9.68 Å². The lowest BCUT2D eigenvalue weighted by Crippen LogP contribution is -2.24. The summed E-state index contributed by atoms with van der Waals surface area (Å²) in [6.45, 7) is 4.60. The SMILES string of the molecule is CCC(C#N)CN(C)c1ccc2oc(C)nc2c1. The van der Waals surface area contributed by atoms with Crippen molar-refractivity contribution in [2.24, 2.45) is 5.92 Å². The third-order valence-electron chi connectivity index (χ3n) is 3.09. The summed E-state index contributed by atoms with van der Waals surface area (Å²) < 4.78 is 5.44. The van der Waals surface area contributed by atoms with Crippen LogP contribution in [0.5, 0.6) is 0 Å². The highest BCUT2D eigenvalue weighted by Crippen LogP contribution is 2.22. The van der Waals surface area contributed by atoms with Gasteiger partial charge in [-0.3, -0.25) is 0 Å². The molecule has 4 nitrogen and oxygen atoms in total. The van der Waals surface area contributed by atoms with Crippen molar-refractivity contribution < 1.29 is 4.42 Å². The minimum absolute atomic E-state index is 0.0599. The van der Waals surface area contributed by atoms with Crippen molar-refractivity contribution >= 4 is 16.8 Å². The molecule has 0 radical (unpaired) electrons. The summed E-state index contributed by atoms with van der Waals surface area (Å²) in [6, 6.07) is 8.24. The van der Waals surface area contributed by atoms with Crippen molar-refractivity contribution in [3.63, 3.8) is 0 Å². The maximum absolute atomic E-state index is 8.99. The van der Waals surface area contributed by atoms with Gasteiger partial charge < -0.3 is 9.32 Å². The molecule has 1 unspecified atom stereocenters. The highest BCUT2D eigenvalue weighted by atomic mass is 16.3. The number of aromatic nitrogens is 1. The molecule has 0 saturated heterocycles. The van der Waals surface area contributed by atoms with Crippen molar-refractivity contribution in [3.8, 4) is 6.07 Å². The molecule has 0 spiro atoms. The van der Waals surface area contributed by atoms with E-state index >= 15 is 0 Å². The molecule has 0 bridgehead atoms. The van der Waals surface area contributed by atoms with E-state index in [1.807, 2.05) is 39.1 Å². The maximum Gasteiger partial charge on any atom is 0.192 e. The number of aryl methyl sites for hydroxylation is 1. The molecule has 0 N–H and O–H groups in total. The second-order valence-electron chi connectivity index (χ2n) is 4.50. The summed E-state index contributed by atoms with van der Waals surface area (Å²) in [6.07, 6.45) is 0.867. The molecule has 0 aliphatic heterocycles. The van der Waals surface area contributed by atoms with Crippen LogP contribution in [0.15, 0.2) is 22.6 Å². The summed E-state index contributed by atoms with van der Waals surface area (Å²) >= 11 is 0. The maximum atomic E-state index is 8.99. The second kappa shape index (κ2) is 5.09. The Bertz CT molecular complexity index is 582. The molecular formula is C14H17N3O. The summed E-state index contributed by atoms with van der Waals surface area (Å²) in [5.74, 6) is 0.734. The fraction of sp³-hybridized carbons (Fsp3) is 0.429. The molecule has 2 aromatic rings. The van der Waals surface area contributed by atoms with E-state index < -0.39 is 0 Å². The van der Waals surface area contributed by atoms with Crippen molar-refractivity contribution in [1.82, 2.24) is 4.98 Å². The van der Waals surface area contributed by atoms with Crippen LogP contribution in [-0.2, 0) is 0 Å². The first-order valence-electron chi connectivity index (χ1n) is 6.12. The van der Waals surface area contributed by atoms with E-state index in [9.17, 15) is 0 Å². The predicted octanol–water partition coefficient (Wildman–Crippen LogP) is 3.12. The lowest BCUT2D eigenvalue weighted by atomic mass is 10.1. The Labute approximate surface area is 107 Å². The zero-order valence-electron chi connectivity index (χ0n) is 11.0. The molecule has 1 heterocycles. The van der Waals surface area contributed by atoms with Crippen LogP contribution in [0.4, 0.5) is 5.69 Å². The van der Waals surface area contributed by atoms with E-state index in [1.54, 1.807) is 0 Å². The molecule has 94 valence electrons. The predicted molar refractivity (Wildman–Crippen MR) is 71.4 cm³/mol. The smallest absolute Gasteiger partial charge is 0.192 e. The van der Waals surface area contributed by atoms with Crippen LogP contribution in [0.3, 0.4) is 0 Å². The number of hydrogen-bond donors (Lipinski definition) is 0. The van der Waals surface area contributed by atoms with E-state index in [0.29, 0.717) is 5.89 Å². The normalized spacial score (nSPS) is 12.3. The van der Waals surface area contributed by atoms with Crippen molar-refractivity contribution in [1.29, 1.82) is 5.26 Å². The molecule has 1 aromatic carbocycles. The summed E-state index contributed by atoms with van der Waals surface area (Å²) in [5, 5.41) is 8.99. The largest absolute Gasteiger partial charge is 0.441 e. The van der Waals surface area contributed by atoms with Crippen LogP contribution < -0.4 is 4.90 Å². The van der Waals surface area contributed by atoms with Gasteiger partial charge in [0.1, 0.15) is 5.52 Å². The molecule has 2 rings (SSSR count). The van der Waals surface area contributed by atoms with E-state index in [1.165, 1.54) is 0 Å². The number of benzene rings is 1. The molecular weight excluding hydrogens is 226 g/mol. The van der Waals surface area contributed by atoms with Crippen LogP contribution in [0.25, 0.3) is 11.1 Å². The lowest BCUT2D eigenvalue weighted by molar-refractivity contribution is 0.561. The number of nitrogens with zero attached hydrogens (tertiary/aromatic N) is 3. The Morgan fingerprint density at radius 2 is 2.28 bits per heavy atom. The Morgan fingerprint density at radius 1 is 1.50 bits per heavy atom. The molecule has 0 aliphatic rings. The molecule has 1 aromatic heterocycles. The van der Waals surface area contributed by atoms with Gasteiger partial charge in [0, 0.05) is 26.2 Å². The Balaban J connectivity index is 2.22. The molecule has 18 heavy (non-hydrogen) atoms. The zero-order chi connectivity index (χ0) is 13.1. The summed E-state index contributed by atoms with van der Waals surface area (Å²) in [5.41, 5.74) is 2.73. The van der Waals surface area contributed by atoms with Gasteiger partial charge in [-0.15, -0.1) is 0 Å². The lowest BCUT2D eigenvalue weighted by Gasteiger charge is -2.21. The number of nitriles is 1. The second-order valence-corrected chi connectivity index (χ2v) is 4.50. The van der Waals surface area contributed by atoms with Gasteiger partial charge in [-0.1, -0.05) is 6.92 Å².